The third-order valence-electron chi connectivity index (χ3n) is 3.43. The molecule has 0 amide bonds. The molecule has 2 N–H and O–H groups in total. The van der Waals surface area contributed by atoms with Crippen molar-refractivity contribution >= 4 is 16.5 Å². The van der Waals surface area contributed by atoms with E-state index in [0.717, 1.165) is 35.9 Å². The van der Waals surface area contributed by atoms with Gasteiger partial charge in [-0.1, -0.05) is 0 Å². The second kappa shape index (κ2) is 5.45. The Morgan fingerprint density at radius 2 is 2.26 bits per heavy atom. The van der Waals surface area contributed by atoms with Crippen molar-refractivity contribution in [1.29, 1.82) is 0 Å². The molecule has 4 nitrogen and oxygen atoms in total. The van der Waals surface area contributed by atoms with Gasteiger partial charge in [0.05, 0.1) is 6.10 Å². The molecule has 0 saturated carbocycles. The van der Waals surface area contributed by atoms with Gasteiger partial charge in [-0.2, -0.15) is 0 Å². The summed E-state index contributed by atoms with van der Waals surface area (Å²) in [6.07, 6.45) is 5.38. The molecular formula is C15H18N2O2. The maximum Gasteiger partial charge on any atom is 0.221 e. The Bertz CT molecular complexity index is 565. The van der Waals surface area contributed by atoms with Gasteiger partial charge in [-0.3, -0.25) is 0 Å². The van der Waals surface area contributed by atoms with E-state index in [1.807, 2.05) is 24.3 Å². The Kier molecular flexibility index (Phi) is 3.51. The fraction of sp³-hybridized carbons (Fsp3) is 0.400. The van der Waals surface area contributed by atoms with Gasteiger partial charge in [0, 0.05) is 23.9 Å². The number of anilines is 1. The van der Waals surface area contributed by atoms with E-state index < -0.39 is 0 Å². The van der Waals surface area contributed by atoms with Crippen LogP contribution in [0.2, 0.25) is 0 Å². The number of ether oxygens (including phenoxy) is 2. The van der Waals surface area contributed by atoms with E-state index in [0.29, 0.717) is 12.5 Å². The lowest BCUT2D eigenvalue weighted by Gasteiger charge is -2.22. The second-order valence-electron chi connectivity index (χ2n) is 4.90. The normalized spacial score (nSPS) is 19.5. The van der Waals surface area contributed by atoms with Crippen molar-refractivity contribution in [3.8, 4) is 5.88 Å². The number of nitrogens with zero attached hydrogens (tertiary/aromatic N) is 1. The van der Waals surface area contributed by atoms with Crippen LogP contribution in [0.3, 0.4) is 0 Å². The molecule has 2 heterocycles. The van der Waals surface area contributed by atoms with Crippen molar-refractivity contribution in [1.82, 2.24) is 4.98 Å². The summed E-state index contributed by atoms with van der Waals surface area (Å²) < 4.78 is 11.5. The van der Waals surface area contributed by atoms with Crippen molar-refractivity contribution in [2.75, 3.05) is 18.9 Å². The maximum atomic E-state index is 5.82. The minimum atomic E-state index is 0.194. The fourth-order valence-corrected chi connectivity index (χ4v) is 2.39. The molecule has 1 aromatic carbocycles. The number of nitrogen functional groups attached to an aromatic ring is 1. The zero-order valence-corrected chi connectivity index (χ0v) is 10.8. The summed E-state index contributed by atoms with van der Waals surface area (Å²) in [4.78, 5) is 4.30. The summed E-state index contributed by atoms with van der Waals surface area (Å²) in [7, 11) is 0. The van der Waals surface area contributed by atoms with E-state index in [2.05, 4.69) is 4.98 Å². The van der Waals surface area contributed by atoms with Crippen LogP contribution in [0.1, 0.15) is 19.3 Å². The summed E-state index contributed by atoms with van der Waals surface area (Å²) in [6.45, 7) is 1.41. The minimum absolute atomic E-state index is 0.194. The first-order valence-corrected chi connectivity index (χ1v) is 6.71. The first-order chi connectivity index (χ1) is 9.33. The quantitative estimate of drug-likeness (QED) is 0.860. The highest BCUT2D eigenvalue weighted by molar-refractivity contribution is 5.89. The Balaban J connectivity index is 1.76. The highest BCUT2D eigenvalue weighted by Gasteiger charge is 2.15. The highest BCUT2D eigenvalue weighted by atomic mass is 16.5. The van der Waals surface area contributed by atoms with Crippen LogP contribution in [-0.4, -0.2) is 24.3 Å². The molecule has 3 rings (SSSR count). The van der Waals surface area contributed by atoms with Gasteiger partial charge >= 0.3 is 0 Å². The Hall–Kier alpha value is -1.81. The first kappa shape index (κ1) is 12.2. The van der Waals surface area contributed by atoms with Crippen LogP contribution in [0.4, 0.5) is 5.69 Å². The molecule has 1 saturated heterocycles. The molecule has 1 aromatic heterocycles. The average Bonchev–Trinajstić information content (AvgIpc) is 2.45. The Labute approximate surface area is 112 Å². The summed E-state index contributed by atoms with van der Waals surface area (Å²) >= 11 is 0. The molecule has 0 aliphatic carbocycles. The van der Waals surface area contributed by atoms with Crippen LogP contribution in [0.15, 0.2) is 30.5 Å². The van der Waals surface area contributed by atoms with Crippen LogP contribution in [0.5, 0.6) is 5.88 Å². The lowest BCUT2D eigenvalue weighted by atomic mass is 10.1. The molecule has 1 atom stereocenters. The molecule has 2 aromatic rings. The number of aromatic nitrogens is 1. The number of nitrogens with two attached hydrogens (primary N) is 1. The largest absolute Gasteiger partial charge is 0.474 e. The smallest absolute Gasteiger partial charge is 0.221 e. The predicted octanol–water partition coefficient (Wildman–Crippen LogP) is 2.76. The van der Waals surface area contributed by atoms with Crippen molar-refractivity contribution < 1.29 is 9.47 Å². The minimum Gasteiger partial charge on any atom is -0.474 e. The van der Waals surface area contributed by atoms with Gasteiger partial charge in [-0.25, -0.2) is 4.98 Å². The van der Waals surface area contributed by atoms with Crippen molar-refractivity contribution in [2.45, 2.75) is 25.4 Å². The van der Waals surface area contributed by atoms with E-state index in [4.69, 9.17) is 15.2 Å². The van der Waals surface area contributed by atoms with Gasteiger partial charge in [-0.15, -0.1) is 0 Å². The van der Waals surface area contributed by atoms with E-state index in [-0.39, 0.29) is 6.10 Å². The summed E-state index contributed by atoms with van der Waals surface area (Å²) in [5.74, 6) is 0.659. The molecular weight excluding hydrogens is 240 g/mol. The first-order valence-electron chi connectivity index (χ1n) is 6.71. The van der Waals surface area contributed by atoms with Gasteiger partial charge in [0.25, 0.3) is 0 Å². The van der Waals surface area contributed by atoms with E-state index in [1.165, 1.54) is 6.42 Å². The summed E-state index contributed by atoms with van der Waals surface area (Å²) in [6, 6.07) is 7.69. The van der Waals surface area contributed by atoms with Gasteiger partial charge < -0.3 is 15.2 Å². The van der Waals surface area contributed by atoms with Crippen LogP contribution in [-0.2, 0) is 4.74 Å². The van der Waals surface area contributed by atoms with E-state index >= 15 is 0 Å². The molecule has 19 heavy (non-hydrogen) atoms. The van der Waals surface area contributed by atoms with E-state index in [9.17, 15) is 0 Å². The fourth-order valence-electron chi connectivity index (χ4n) is 2.39. The topological polar surface area (TPSA) is 57.4 Å². The molecule has 1 fully saturated rings. The summed E-state index contributed by atoms with van der Waals surface area (Å²) in [5, 5.41) is 2.04. The monoisotopic (exact) mass is 258 g/mol. The second-order valence-corrected chi connectivity index (χ2v) is 4.90. The maximum absolute atomic E-state index is 5.82. The van der Waals surface area contributed by atoms with Crippen molar-refractivity contribution in [2.24, 2.45) is 0 Å². The van der Waals surface area contributed by atoms with Gasteiger partial charge in [-0.05, 0) is 48.9 Å². The molecule has 100 valence electrons. The summed E-state index contributed by atoms with van der Waals surface area (Å²) in [5.41, 5.74) is 6.53. The molecule has 0 radical (unpaired) electrons. The van der Waals surface area contributed by atoms with Crippen LogP contribution in [0, 0.1) is 0 Å². The Morgan fingerprint density at radius 1 is 1.32 bits per heavy atom. The zero-order valence-electron chi connectivity index (χ0n) is 10.8. The lowest BCUT2D eigenvalue weighted by molar-refractivity contribution is -0.0116. The molecule has 4 heteroatoms. The molecule has 1 aliphatic rings. The number of hydrogen-bond donors (Lipinski definition) is 1. The van der Waals surface area contributed by atoms with Crippen LogP contribution < -0.4 is 10.5 Å². The molecule has 0 bridgehead atoms. The van der Waals surface area contributed by atoms with E-state index in [1.54, 1.807) is 6.20 Å². The van der Waals surface area contributed by atoms with Crippen molar-refractivity contribution in [3.63, 3.8) is 0 Å². The average molecular weight is 258 g/mol. The number of benzene rings is 1. The Morgan fingerprint density at radius 3 is 3.11 bits per heavy atom. The number of hydrogen-bond acceptors (Lipinski definition) is 4. The van der Waals surface area contributed by atoms with Crippen molar-refractivity contribution in [3.05, 3.63) is 30.5 Å². The molecule has 1 aliphatic heterocycles. The SMILES string of the molecule is Nc1ccc2c(OCC3CCCCO3)nccc2c1. The number of pyridine rings is 1. The third-order valence-corrected chi connectivity index (χ3v) is 3.43. The van der Waals surface area contributed by atoms with Gasteiger partial charge in [0.15, 0.2) is 0 Å². The third kappa shape index (κ3) is 2.79. The number of fused-ring (bicyclic) bond motifs is 1. The number of rotatable bonds is 3. The molecule has 0 spiro atoms. The van der Waals surface area contributed by atoms with Gasteiger partial charge in [0.1, 0.15) is 6.61 Å². The highest BCUT2D eigenvalue weighted by Crippen LogP contribution is 2.25. The lowest BCUT2D eigenvalue weighted by Crippen LogP contribution is -2.26. The molecule has 1 unspecified atom stereocenters. The van der Waals surface area contributed by atoms with Gasteiger partial charge in [0.2, 0.25) is 5.88 Å². The van der Waals surface area contributed by atoms with Crippen LogP contribution in [0.25, 0.3) is 10.8 Å². The van der Waals surface area contributed by atoms with Crippen LogP contribution >= 0.6 is 0 Å². The standard InChI is InChI=1S/C15H18N2O2/c16-12-4-5-14-11(9-12)6-7-17-15(14)19-10-13-3-1-2-8-18-13/h4-7,9,13H,1-3,8,10,16H2. The zero-order chi connectivity index (χ0) is 13.1. The predicted molar refractivity (Wildman–Crippen MR) is 75.2 cm³/mol.